The van der Waals surface area contributed by atoms with Gasteiger partial charge < -0.3 is 14.6 Å². The summed E-state index contributed by atoms with van der Waals surface area (Å²) in [6.45, 7) is 2.05. The number of fused-ring (bicyclic) bond motifs is 1. The predicted molar refractivity (Wildman–Crippen MR) is 69.7 cm³/mol. The van der Waals surface area contributed by atoms with Crippen LogP contribution in [0.3, 0.4) is 0 Å². The number of rotatable bonds is 3. The van der Waals surface area contributed by atoms with E-state index in [0.29, 0.717) is 17.6 Å². The highest BCUT2D eigenvalue weighted by molar-refractivity contribution is 5.80. The molecule has 3 rings (SSSR count). The van der Waals surface area contributed by atoms with Crippen molar-refractivity contribution < 1.29 is 9.21 Å². The summed E-state index contributed by atoms with van der Waals surface area (Å²) < 4.78 is 4.94. The first-order valence-corrected chi connectivity index (χ1v) is 6.21. The van der Waals surface area contributed by atoms with Gasteiger partial charge in [0.15, 0.2) is 5.58 Å². The van der Waals surface area contributed by atoms with Crippen LogP contribution in [0.5, 0.6) is 0 Å². The third-order valence-electron chi connectivity index (χ3n) is 3.41. The quantitative estimate of drug-likeness (QED) is 0.833. The lowest BCUT2D eigenvalue weighted by atomic mass is 10.0. The Morgan fingerprint density at radius 2 is 2.26 bits per heavy atom. The van der Waals surface area contributed by atoms with E-state index in [0.717, 1.165) is 18.7 Å². The number of carbonyl (C=O) groups is 1. The Balaban J connectivity index is 1.76. The molecule has 0 unspecified atom stereocenters. The van der Waals surface area contributed by atoms with Crippen LogP contribution in [-0.4, -0.2) is 35.9 Å². The Hall–Kier alpha value is -2.08. The van der Waals surface area contributed by atoms with E-state index in [1.165, 1.54) is 0 Å². The van der Waals surface area contributed by atoms with E-state index in [2.05, 4.69) is 10.3 Å². The summed E-state index contributed by atoms with van der Waals surface area (Å²) in [7, 11) is 1.79. The third-order valence-corrected chi connectivity index (χ3v) is 3.41. The van der Waals surface area contributed by atoms with Crippen molar-refractivity contribution in [1.29, 1.82) is 0 Å². The van der Waals surface area contributed by atoms with Crippen molar-refractivity contribution in [2.75, 3.05) is 20.1 Å². The number of oxazole rings is 1. The SMILES string of the molecule is CN(Cc1ccc2oc(=O)[nH]c2c1)C(=O)C1CNC1. The first-order valence-electron chi connectivity index (χ1n) is 6.21. The van der Waals surface area contributed by atoms with Crippen LogP contribution in [0, 0.1) is 5.92 Å². The van der Waals surface area contributed by atoms with Crippen LogP contribution in [0.1, 0.15) is 5.56 Å². The fourth-order valence-electron chi connectivity index (χ4n) is 2.22. The van der Waals surface area contributed by atoms with Gasteiger partial charge in [0.25, 0.3) is 0 Å². The van der Waals surface area contributed by atoms with Crippen LogP contribution >= 0.6 is 0 Å². The van der Waals surface area contributed by atoms with E-state index >= 15 is 0 Å². The monoisotopic (exact) mass is 261 g/mol. The van der Waals surface area contributed by atoms with Crippen LogP contribution in [0.4, 0.5) is 0 Å². The van der Waals surface area contributed by atoms with Crippen molar-refractivity contribution in [3.8, 4) is 0 Å². The van der Waals surface area contributed by atoms with Gasteiger partial charge in [-0.05, 0) is 17.7 Å². The maximum absolute atomic E-state index is 12.0. The van der Waals surface area contributed by atoms with Gasteiger partial charge in [0, 0.05) is 26.7 Å². The van der Waals surface area contributed by atoms with Gasteiger partial charge in [-0.25, -0.2) is 4.79 Å². The molecule has 1 fully saturated rings. The highest BCUT2D eigenvalue weighted by atomic mass is 16.4. The Morgan fingerprint density at radius 3 is 2.95 bits per heavy atom. The smallest absolute Gasteiger partial charge is 0.408 e. The molecule has 6 nitrogen and oxygen atoms in total. The first kappa shape index (κ1) is 12.0. The summed E-state index contributed by atoms with van der Waals surface area (Å²) in [5, 5.41) is 3.09. The third kappa shape index (κ3) is 2.26. The number of hydrogen-bond donors (Lipinski definition) is 2. The zero-order valence-corrected chi connectivity index (χ0v) is 10.6. The minimum Gasteiger partial charge on any atom is -0.408 e. The van der Waals surface area contributed by atoms with Crippen LogP contribution in [0.2, 0.25) is 0 Å². The molecule has 2 N–H and O–H groups in total. The molecule has 1 aromatic heterocycles. The number of amides is 1. The van der Waals surface area contributed by atoms with Crippen LogP contribution in [0.15, 0.2) is 27.4 Å². The lowest BCUT2D eigenvalue weighted by Gasteiger charge is -2.30. The maximum Gasteiger partial charge on any atom is 0.417 e. The van der Waals surface area contributed by atoms with Crippen molar-refractivity contribution >= 4 is 17.0 Å². The molecule has 0 radical (unpaired) electrons. The molecule has 19 heavy (non-hydrogen) atoms. The molecule has 0 bridgehead atoms. The molecule has 0 spiro atoms. The number of nitrogens with zero attached hydrogens (tertiary/aromatic N) is 1. The molecule has 1 aromatic carbocycles. The Morgan fingerprint density at radius 1 is 1.47 bits per heavy atom. The largest absolute Gasteiger partial charge is 0.417 e. The van der Waals surface area contributed by atoms with Crippen molar-refractivity contribution in [1.82, 2.24) is 15.2 Å². The second kappa shape index (κ2) is 4.55. The number of benzene rings is 1. The molecular weight excluding hydrogens is 246 g/mol. The highest BCUT2D eigenvalue weighted by Gasteiger charge is 2.27. The molecular formula is C13H15N3O3. The van der Waals surface area contributed by atoms with E-state index < -0.39 is 5.76 Å². The molecule has 1 aliphatic heterocycles. The fourth-order valence-corrected chi connectivity index (χ4v) is 2.22. The van der Waals surface area contributed by atoms with Crippen molar-refractivity contribution in [2.45, 2.75) is 6.54 Å². The number of nitrogens with one attached hydrogen (secondary N) is 2. The van der Waals surface area contributed by atoms with E-state index in [4.69, 9.17) is 4.42 Å². The maximum atomic E-state index is 12.0. The molecule has 1 saturated heterocycles. The normalized spacial score (nSPS) is 15.4. The molecule has 0 saturated carbocycles. The molecule has 0 atom stereocenters. The molecule has 1 amide bonds. The average molecular weight is 261 g/mol. The van der Waals surface area contributed by atoms with E-state index in [9.17, 15) is 9.59 Å². The van der Waals surface area contributed by atoms with Gasteiger partial charge >= 0.3 is 5.76 Å². The van der Waals surface area contributed by atoms with Crippen molar-refractivity contribution in [3.63, 3.8) is 0 Å². The topological polar surface area (TPSA) is 78.3 Å². The molecule has 1 aliphatic rings. The number of hydrogen-bond acceptors (Lipinski definition) is 4. The minimum absolute atomic E-state index is 0.0995. The summed E-state index contributed by atoms with van der Waals surface area (Å²) in [5.41, 5.74) is 2.16. The van der Waals surface area contributed by atoms with Gasteiger partial charge in [0.2, 0.25) is 5.91 Å². The van der Waals surface area contributed by atoms with Gasteiger partial charge in [-0.2, -0.15) is 0 Å². The summed E-state index contributed by atoms with van der Waals surface area (Å²) in [4.78, 5) is 27.4. The Bertz CT molecular complexity index is 669. The second-order valence-electron chi connectivity index (χ2n) is 4.89. The van der Waals surface area contributed by atoms with E-state index in [-0.39, 0.29) is 11.8 Å². The summed E-state index contributed by atoms with van der Waals surface area (Å²) in [6.07, 6.45) is 0. The Kier molecular flexibility index (Phi) is 2.87. The molecule has 0 aliphatic carbocycles. The zero-order valence-electron chi connectivity index (χ0n) is 10.6. The minimum atomic E-state index is -0.461. The lowest BCUT2D eigenvalue weighted by Crippen LogP contribution is -2.50. The van der Waals surface area contributed by atoms with Gasteiger partial charge in [-0.15, -0.1) is 0 Å². The lowest BCUT2D eigenvalue weighted by molar-refractivity contribution is -0.136. The van der Waals surface area contributed by atoms with Crippen LogP contribution in [0.25, 0.3) is 11.1 Å². The number of carbonyl (C=O) groups excluding carboxylic acids is 1. The molecule has 100 valence electrons. The van der Waals surface area contributed by atoms with Gasteiger partial charge in [0.05, 0.1) is 11.4 Å². The number of aromatic nitrogens is 1. The van der Waals surface area contributed by atoms with Crippen molar-refractivity contribution in [2.24, 2.45) is 5.92 Å². The van der Waals surface area contributed by atoms with E-state index in [1.807, 2.05) is 12.1 Å². The van der Waals surface area contributed by atoms with Crippen LogP contribution in [-0.2, 0) is 11.3 Å². The predicted octanol–water partition coefficient (Wildman–Crippen LogP) is 0.299. The fraction of sp³-hybridized carbons (Fsp3) is 0.385. The summed E-state index contributed by atoms with van der Waals surface area (Å²) in [6, 6.07) is 5.44. The molecule has 2 heterocycles. The van der Waals surface area contributed by atoms with Gasteiger partial charge in [0.1, 0.15) is 0 Å². The van der Waals surface area contributed by atoms with Gasteiger partial charge in [-0.3, -0.25) is 9.78 Å². The second-order valence-corrected chi connectivity index (χ2v) is 4.89. The van der Waals surface area contributed by atoms with Crippen molar-refractivity contribution in [3.05, 3.63) is 34.3 Å². The molecule has 2 aromatic rings. The first-order chi connectivity index (χ1) is 9.13. The number of aromatic amines is 1. The van der Waals surface area contributed by atoms with Gasteiger partial charge in [-0.1, -0.05) is 6.07 Å². The highest BCUT2D eigenvalue weighted by Crippen LogP contribution is 2.15. The summed E-state index contributed by atoms with van der Waals surface area (Å²) >= 11 is 0. The Labute approximate surface area is 109 Å². The standard InChI is InChI=1S/C13H15N3O3/c1-16(12(17)9-5-14-6-9)7-8-2-3-11-10(4-8)15-13(18)19-11/h2-4,9,14H,5-7H2,1H3,(H,15,18). The number of H-pyrrole nitrogens is 1. The molecule has 6 heteroatoms. The average Bonchev–Trinajstić information content (AvgIpc) is 2.66. The summed E-state index contributed by atoms with van der Waals surface area (Å²) in [5.74, 6) is -0.209. The van der Waals surface area contributed by atoms with Crippen LogP contribution < -0.4 is 11.1 Å². The zero-order chi connectivity index (χ0) is 13.4. The van der Waals surface area contributed by atoms with E-state index in [1.54, 1.807) is 18.0 Å².